The Morgan fingerprint density at radius 2 is 2.22 bits per heavy atom. The molecule has 4 heteroatoms. The van der Waals surface area contributed by atoms with E-state index in [1.807, 2.05) is 25.2 Å². The molecule has 0 atom stereocenters. The van der Waals surface area contributed by atoms with Crippen LogP contribution in [0.5, 0.6) is 0 Å². The molecular formula is C14H13N3O. The van der Waals surface area contributed by atoms with Crippen molar-refractivity contribution >= 4 is 17.2 Å². The van der Waals surface area contributed by atoms with Crippen molar-refractivity contribution < 1.29 is 4.79 Å². The van der Waals surface area contributed by atoms with Crippen LogP contribution < -0.4 is 0 Å². The Morgan fingerprint density at radius 1 is 1.39 bits per heavy atom. The number of nitrogens with zero attached hydrogens (tertiary/aromatic N) is 2. The highest BCUT2D eigenvalue weighted by molar-refractivity contribution is 5.91. The molecule has 0 unspecified atom stereocenters. The van der Waals surface area contributed by atoms with Crippen molar-refractivity contribution in [2.75, 3.05) is 0 Å². The molecule has 3 aromatic rings. The predicted octanol–water partition coefficient (Wildman–Crippen LogP) is 2.69. The maximum Gasteiger partial charge on any atom is 0.153 e. The van der Waals surface area contributed by atoms with E-state index in [4.69, 9.17) is 0 Å². The first kappa shape index (κ1) is 10.8. The van der Waals surface area contributed by atoms with Gasteiger partial charge in [-0.2, -0.15) is 5.10 Å². The summed E-state index contributed by atoms with van der Waals surface area (Å²) in [7, 11) is 1.81. The van der Waals surface area contributed by atoms with E-state index in [-0.39, 0.29) is 0 Å². The third-order valence-corrected chi connectivity index (χ3v) is 3.12. The Balaban J connectivity index is 2.25. The second-order valence-electron chi connectivity index (χ2n) is 4.44. The summed E-state index contributed by atoms with van der Waals surface area (Å²) in [6.45, 7) is 2.07. The van der Waals surface area contributed by atoms with Gasteiger partial charge in [-0.05, 0) is 24.6 Å². The summed E-state index contributed by atoms with van der Waals surface area (Å²) in [6, 6.07) is 8.14. The van der Waals surface area contributed by atoms with E-state index in [0.717, 1.165) is 22.9 Å². The van der Waals surface area contributed by atoms with Gasteiger partial charge in [0.05, 0.1) is 11.3 Å². The average molecular weight is 239 g/mol. The van der Waals surface area contributed by atoms with Gasteiger partial charge in [0, 0.05) is 24.1 Å². The van der Waals surface area contributed by atoms with Crippen LogP contribution in [-0.4, -0.2) is 21.1 Å². The van der Waals surface area contributed by atoms with Crippen molar-refractivity contribution in [3.8, 4) is 11.4 Å². The Kier molecular flexibility index (Phi) is 2.30. The number of carbonyl (C=O) groups is 1. The standard InChI is InChI=1S/C14H13N3O/c1-9-4-3-5-12-11(9)6-13(15-12)14-10(8-18)7-17(2)16-14/h3-8,15H,1-2H3. The second-order valence-corrected chi connectivity index (χ2v) is 4.44. The lowest BCUT2D eigenvalue weighted by Gasteiger charge is -1.92. The number of hydrogen-bond donors (Lipinski definition) is 1. The predicted molar refractivity (Wildman–Crippen MR) is 70.6 cm³/mol. The molecule has 0 aliphatic rings. The first-order valence-electron chi connectivity index (χ1n) is 5.76. The molecule has 18 heavy (non-hydrogen) atoms. The summed E-state index contributed by atoms with van der Waals surface area (Å²) in [5, 5.41) is 5.49. The first-order chi connectivity index (χ1) is 8.69. The number of nitrogens with one attached hydrogen (secondary N) is 1. The molecule has 0 bridgehead atoms. The Hall–Kier alpha value is -2.36. The molecule has 0 aliphatic heterocycles. The number of carbonyl (C=O) groups excluding carboxylic acids is 1. The maximum atomic E-state index is 11.0. The lowest BCUT2D eigenvalue weighted by atomic mass is 10.1. The molecule has 4 nitrogen and oxygen atoms in total. The van der Waals surface area contributed by atoms with Crippen molar-refractivity contribution in [1.29, 1.82) is 0 Å². The molecule has 3 rings (SSSR count). The SMILES string of the molecule is Cc1cccc2[nH]c(-c3nn(C)cc3C=O)cc12. The molecule has 0 saturated heterocycles. The number of H-pyrrole nitrogens is 1. The number of aromatic nitrogens is 3. The van der Waals surface area contributed by atoms with E-state index in [1.165, 1.54) is 5.56 Å². The molecule has 2 aromatic heterocycles. The largest absolute Gasteiger partial charge is 0.353 e. The molecule has 0 spiro atoms. The summed E-state index contributed by atoms with van der Waals surface area (Å²) < 4.78 is 1.65. The van der Waals surface area contributed by atoms with Gasteiger partial charge in [-0.1, -0.05) is 12.1 Å². The van der Waals surface area contributed by atoms with E-state index < -0.39 is 0 Å². The fourth-order valence-electron chi connectivity index (χ4n) is 2.24. The van der Waals surface area contributed by atoms with Crippen LogP contribution in [0, 0.1) is 6.92 Å². The van der Waals surface area contributed by atoms with Gasteiger partial charge in [0.1, 0.15) is 5.69 Å². The third-order valence-electron chi connectivity index (χ3n) is 3.12. The normalized spacial score (nSPS) is 11.0. The first-order valence-corrected chi connectivity index (χ1v) is 5.76. The summed E-state index contributed by atoms with van der Waals surface area (Å²) in [6.07, 6.45) is 2.56. The molecule has 0 fully saturated rings. The molecule has 0 radical (unpaired) electrons. The number of benzene rings is 1. The van der Waals surface area contributed by atoms with E-state index >= 15 is 0 Å². The van der Waals surface area contributed by atoms with Crippen LogP contribution in [0.15, 0.2) is 30.5 Å². The van der Waals surface area contributed by atoms with E-state index in [9.17, 15) is 4.79 Å². The van der Waals surface area contributed by atoms with Gasteiger partial charge in [0.25, 0.3) is 0 Å². The van der Waals surface area contributed by atoms with Crippen molar-refractivity contribution in [2.24, 2.45) is 7.05 Å². The average Bonchev–Trinajstić information content (AvgIpc) is 2.92. The van der Waals surface area contributed by atoms with E-state index in [1.54, 1.807) is 10.9 Å². The van der Waals surface area contributed by atoms with E-state index in [0.29, 0.717) is 11.3 Å². The van der Waals surface area contributed by atoms with Crippen molar-refractivity contribution in [3.63, 3.8) is 0 Å². The minimum Gasteiger partial charge on any atom is -0.353 e. The second kappa shape index (κ2) is 3.84. The van der Waals surface area contributed by atoms with Crippen LogP contribution in [0.2, 0.25) is 0 Å². The van der Waals surface area contributed by atoms with Gasteiger partial charge in [-0.15, -0.1) is 0 Å². The molecule has 90 valence electrons. The third kappa shape index (κ3) is 1.54. The zero-order valence-electron chi connectivity index (χ0n) is 10.3. The van der Waals surface area contributed by atoms with Gasteiger partial charge in [-0.25, -0.2) is 0 Å². The highest BCUT2D eigenvalue weighted by Gasteiger charge is 2.12. The quantitative estimate of drug-likeness (QED) is 0.699. The minimum atomic E-state index is 0.599. The van der Waals surface area contributed by atoms with Gasteiger partial charge >= 0.3 is 0 Å². The smallest absolute Gasteiger partial charge is 0.153 e. The molecule has 0 amide bonds. The van der Waals surface area contributed by atoms with Crippen LogP contribution in [-0.2, 0) is 7.05 Å². The van der Waals surface area contributed by atoms with Crippen molar-refractivity contribution in [2.45, 2.75) is 6.92 Å². The number of aldehydes is 1. The summed E-state index contributed by atoms with van der Waals surface area (Å²) in [5.74, 6) is 0. The van der Waals surface area contributed by atoms with E-state index in [2.05, 4.69) is 23.1 Å². The number of rotatable bonds is 2. The number of fused-ring (bicyclic) bond motifs is 1. The molecule has 1 N–H and O–H groups in total. The van der Waals surface area contributed by atoms with Crippen LogP contribution in [0.25, 0.3) is 22.3 Å². The molecule has 0 saturated carbocycles. The summed E-state index contributed by atoms with van der Waals surface area (Å²) in [4.78, 5) is 14.3. The summed E-state index contributed by atoms with van der Waals surface area (Å²) in [5.41, 5.74) is 4.44. The van der Waals surface area contributed by atoms with Crippen LogP contribution in [0.4, 0.5) is 0 Å². The lowest BCUT2D eigenvalue weighted by molar-refractivity contribution is 0.112. The minimum absolute atomic E-state index is 0.599. The molecule has 1 aromatic carbocycles. The zero-order valence-corrected chi connectivity index (χ0v) is 10.3. The van der Waals surface area contributed by atoms with Crippen LogP contribution in [0.3, 0.4) is 0 Å². The fourth-order valence-corrected chi connectivity index (χ4v) is 2.24. The highest BCUT2D eigenvalue weighted by Crippen LogP contribution is 2.26. The zero-order chi connectivity index (χ0) is 12.7. The topological polar surface area (TPSA) is 50.7 Å². The molecule has 2 heterocycles. The van der Waals surface area contributed by atoms with Crippen LogP contribution in [0.1, 0.15) is 15.9 Å². The monoisotopic (exact) mass is 239 g/mol. The Labute approximate surface area is 104 Å². The number of aryl methyl sites for hydroxylation is 2. The fraction of sp³-hybridized carbons (Fsp3) is 0.143. The highest BCUT2D eigenvalue weighted by atomic mass is 16.1. The lowest BCUT2D eigenvalue weighted by Crippen LogP contribution is -1.87. The van der Waals surface area contributed by atoms with Crippen molar-refractivity contribution in [3.05, 3.63) is 41.6 Å². The van der Waals surface area contributed by atoms with Gasteiger partial charge in [0.2, 0.25) is 0 Å². The number of aromatic amines is 1. The Morgan fingerprint density at radius 3 is 2.94 bits per heavy atom. The van der Waals surface area contributed by atoms with Gasteiger partial charge < -0.3 is 4.98 Å². The van der Waals surface area contributed by atoms with Gasteiger partial charge in [0.15, 0.2) is 6.29 Å². The van der Waals surface area contributed by atoms with Crippen molar-refractivity contribution in [1.82, 2.24) is 14.8 Å². The Bertz CT molecular complexity index is 737. The molecule has 0 aliphatic carbocycles. The molecular weight excluding hydrogens is 226 g/mol. The van der Waals surface area contributed by atoms with Gasteiger partial charge in [-0.3, -0.25) is 9.48 Å². The number of hydrogen-bond acceptors (Lipinski definition) is 2. The maximum absolute atomic E-state index is 11.0. The van der Waals surface area contributed by atoms with Crippen LogP contribution >= 0.6 is 0 Å². The summed E-state index contributed by atoms with van der Waals surface area (Å²) >= 11 is 0.